The molecule has 4 aromatic rings. The van der Waals surface area contributed by atoms with Gasteiger partial charge in [0.2, 0.25) is 6.79 Å². The number of hydrogen-bond donors (Lipinski definition) is 0. The van der Waals surface area contributed by atoms with Crippen LogP contribution in [0.25, 0.3) is 22.2 Å². The molecule has 2 aliphatic rings. The maximum atomic E-state index is 13.8. The summed E-state index contributed by atoms with van der Waals surface area (Å²) in [6.07, 6.45) is 0. The van der Waals surface area contributed by atoms with Crippen LogP contribution in [0.5, 0.6) is 23.0 Å². The van der Waals surface area contributed by atoms with Crippen molar-refractivity contribution in [2.45, 2.75) is 6.54 Å². The smallest absolute Gasteiger partial charge is 0.254 e. The number of ether oxygens (including phenoxy) is 4. The van der Waals surface area contributed by atoms with E-state index in [-0.39, 0.29) is 12.7 Å². The Kier molecular flexibility index (Phi) is 6.47. The Labute approximate surface area is 221 Å². The highest BCUT2D eigenvalue weighted by molar-refractivity contribution is 6.07. The Morgan fingerprint density at radius 1 is 0.895 bits per heavy atom. The van der Waals surface area contributed by atoms with Crippen LogP contribution in [-0.2, 0) is 6.54 Å². The van der Waals surface area contributed by atoms with Gasteiger partial charge in [-0.25, -0.2) is 4.98 Å². The van der Waals surface area contributed by atoms with Gasteiger partial charge in [-0.2, -0.15) is 0 Å². The molecule has 1 saturated heterocycles. The number of aromatic nitrogens is 1. The van der Waals surface area contributed by atoms with Gasteiger partial charge in [-0.15, -0.1) is 0 Å². The normalized spacial score (nSPS) is 15.1. The minimum absolute atomic E-state index is 0.0139. The van der Waals surface area contributed by atoms with Gasteiger partial charge in [0.25, 0.3) is 5.91 Å². The lowest BCUT2D eigenvalue weighted by atomic mass is 10.0. The highest BCUT2D eigenvalue weighted by atomic mass is 16.7. The number of carbonyl (C=O) groups excluding carboxylic acids is 1. The largest absolute Gasteiger partial charge is 0.497 e. The summed E-state index contributed by atoms with van der Waals surface area (Å²) in [4.78, 5) is 23.0. The van der Waals surface area contributed by atoms with Gasteiger partial charge in [-0.3, -0.25) is 9.69 Å². The zero-order valence-electron chi connectivity index (χ0n) is 21.5. The molecule has 8 heteroatoms. The standard InChI is InChI=1S/C30H29N3O5/c1-35-21-8-9-23(28(16-21)36-2)26-17-24(22-5-3-4-6-25(22)31-26)30(34)33-13-11-32(12-14-33)18-20-7-10-27-29(15-20)38-19-37-27/h3-10,15-17H,11-14,18-19H2,1-2H3. The molecule has 0 atom stereocenters. The van der Waals surface area contributed by atoms with E-state index < -0.39 is 0 Å². The van der Waals surface area contributed by atoms with Crippen LogP contribution in [0.2, 0.25) is 0 Å². The van der Waals surface area contributed by atoms with Crippen molar-refractivity contribution in [3.8, 4) is 34.3 Å². The van der Waals surface area contributed by atoms with Gasteiger partial charge in [0.1, 0.15) is 11.5 Å². The first-order valence-corrected chi connectivity index (χ1v) is 12.7. The number of methoxy groups -OCH3 is 2. The molecule has 38 heavy (non-hydrogen) atoms. The van der Waals surface area contributed by atoms with Crippen LogP contribution < -0.4 is 18.9 Å². The van der Waals surface area contributed by atoms with Crippen molar-refractivity contribution >= 4 is 16.8 Å². The zero-order chi connectivity index (χ0) is 26.1. The lowest BCUT2D eigenvalue weighted by Crippen LogP contribution is -2.48. The predicted octanol–water partition coefficient (Wildman–Crippen LogP) is 4.61. The van der Waals surface area contributed by atoms with E-state index in [1.807, 2.05) is 65.6 Å². The number of fused-ring (bicyclic) bond motifs is 2. The second-order valence-electron chi connectivity index (χ2n) is 9.39. The molecule has 0 radical (unpaired) electrons. The van der Waals surface area contributed by atoms with Crippen molar-refractivity contribution in [3.63, 3.8) is 0 Å². The molecule has 3 heterocycles. The fourth-order valence-electron chi connectivity index (χ4n) is 5.08. The number of amides is 1. The molecule has 0 unspecified atom stereocenters. The maximum absolute atomic E-state index is 13.8. The Morgan fingerprint density at radius 2 is 1.71 bits per heavy atom. The molecular formula is C30H29N3O5. The number of hydrogen-bond acceptors (Lipinski definition) is 7. The van der Waals surface area contributed by atoms with Gasteiger partial charge in [-0.1, -0.05) is 24.3 Å². The van der Waals surface area contributed by atoms with Crippen LogP contribution in [0.3, 0.4) is 0 Å². The van der Waals surface area contributed by atoms with E-state index in [9.17, 15) is 4.79 Å². The van der Waals surface area contributed by atoms with Gasteiger partial charge >= 0.3 is 0 Å². The van der Waals surface area contributed by atoms with Crippen LogP contribution in [0.15, 0.2) is 66.7 Å². The quantitative estimate of drug-likeness (QED) is 0.374. The lowest BCUT2D eigenvalue weighted by Gasteiger charge is -2.35. The summed E-state index contributed by atoms with van der Waals surface area (Å²) in [7, 11) is 3.24. The van der Waals surface area contributed by atoms with Crippen molar-refractivity contribution in [1.29, 1.82) is 0 Å². The summed E-state index contributed by atoms with van der Waals surface area (Å²) >= 11 is 0. The minimum atomic E-state index is 0.0139. The average Bonchev–Trinajstić information content (AvgIpc) is 3.44. The van der Waals surface area contributed by atoms with Crippen molar-refractivity contribution in [1.82, 2.24) is 14.8 Å². The van der Waals surface area contributed by atoms with Gasteiger partial charge in [0.05, 0.1) is 31.0 Å². The summed E-state index contributed by atoms with van der Waals surface area (Å²) < 4.78 is 21.9. The zero-order valence-corrected chi connectivity index (χ0v) is 21.5. The third-order valence-electron chi connectivity index (χ3n) is 7.13. The van der Waals surface area contributed by atoms with Crippen molar-refractivity contribution in [3.05, 3.63) is 77.9 Å². The van der Waals surface area contributed by atoms with E-state index in [2.05, 4.69) is 11.0 Å². The molecule has 0 spiro atoms. The van der Waals surface area contributed by atoms with E-state index >= 15 is 0 Å². The third-order valence-corrected chi connectivity index (χ3v) is 7.13. The molecule has 1 amide bonds. The fraction of sp³-hybridized carbons (Fsp3) is 0.267. The van der Waals surface area contributed by atoms with Crippen LogP contribution in [0.1, 0.15) is 15.9 Å². The summed E-state index contributed by atoms with van der Waals surface area (Å²) in [5, 5.41) is 0.844. The fourth-order valence-corrected chi connectivity index (χ4v) is 5.08. The summed E-state index contributed by atoms with van der Waals surface area (Å²) in [5.41, 5.74) is 4.09. The topological polar surface area (TPSA) is 73.4 Å². The number of benzene rings is 3. The Balaban J connectivity index is 1.23. The molecule has 2 aliphatic heterocycles. The lowest BCUT2D eigenvalue weighted by molar-refractivity contribution is 0.0630. The second kappa shape index (κ2) is 10.2. The van der Waals surface area contributed by atoms with Crippen LogP contribution in [0, 0.1) is 0 Å². The van der Waals surface area contributed by atoms with E-state index in [4.69, 9.17) is 23.9 Å². The van der Waals surface area contributed by atoms with Crippen molar-refractivity contribution in [2.75, 3.05) is 47.2 Å². The molecule has 194 valence electrons. The Hall–Kier alpha value is -4.30. The molecule has 3 aromatic carbocycles. The van der Waals surface area contributed by atoms with E-state index in [0.29, 0.717) is 35.8 Å². The molecule has 1 aromatic heterocycles. The van der Waals surface area contributed by atoms with Crippen LogP contribution >= 0.6 is 0 Å². The van der Waals surface area contributed by atoms with E-state index in [1.54, 1.807) is 14.2 Å². The Morgan fingerprint density at radius 3 is 2.53 bits per heavy atom. The summed E-state index contributed by atoms with van der Waals surface area (Å²) in [5.74, 6) is 2.94. The first-order valence-electron chi connectivity index (χ1n) is 12.7. The van der Waals surface area contributed by atoms with E-state index in [1.165, 1.54) is 5.56 Å². The summed E-state index contributed by atoms with van der Waals surface area (Å²) in [6, 6.07) is 21.3. The van der Waals surface area contributed by atoms with E-state index in [0.717, 1.165) is 47.6 Å². The third kappa shape index (κ3) is 4.59. The number of nitrogens with zero attached hydrogens (tertiary/aromatic N) is 3. The van der Waals surface area contributed by atoms with Gasteiger partial charge in [0, 0.05) is 49.7 Å². The predicted molar refractivity (Wildman–Crippen MR) is 144 cm³/mol. The van der Waals surface area contributed by atoms with Crippen LogP contribution in [-0.4, -0.2) is 67.9 Å². The molecule has 6 rings (SSSR count). The summed E-state index contributed by atoms with van der Waals surface area (Å²) in [6.45, 7) is 3.97. The van der Waals surface area contributed by atoms with Gasteiger partial charge in [0.15, 0.2) is 11.5 Å². The average molecular weight is 512 g/mol. The first kappa shape index (κ1) is 24.1. The first-order chi connectivity index (χ1) is 18.6. The second-order valence-corrected chi connectivity index (χ2v) is 9.39. The number of piperazine rings is 1. The SMILES string of the molecule is COc1ccc(-c2cc(C(=O)N3CCN(Cc4ccc5c(c4)OCO5)CC3)c3ccccc3n2)c(OC)c1. The van der Waals surface area contributed by atoms with Crippen LogP contribution in [0.4, 0.5) is 0 Å². The van der Waals surface area contributed by atoms with Gasteiger partial charge < -0.3 is 23.8 Å². The van der Waals surface area contributed by atoms with Gasteiger partial charge in [-0.05, 0) is 42.0 Å². The molecule has 1 fully saturated rings. The van der Waals surface area contributed by atoms with Crippen molar-refractivity contribution < 1.29 is 23.7 Å². The highest BCUT2D eigenvalue weighted by Gasteiger charge is 2.25. The molecule has 8 nitrogen and oxygen atoms in total. The number of carbonyl (C=O) groups is 1. The molecule has 0 aliphatic carbocycles. The Bertz CT molecular complexity index is 1500. The minimum Gasteiger partial charge on any atom is -0.497 e. The number of pyridine rings is 1. The molecule has 0 N–H and O–H groups in total. The molecular weight excluding hydrogens is 482 g/mol. The number of rotatable bonds is 6. The molecule has 0 bridgehead atoms. The molecule has 0 saturated carbocycles. The number of para-hydroxylation sites is 1. The maximum Gasteiger partial charge on any atom is 0.254 e. The highest BCUT2D eigenvalue weighted by Crippen LogP contribution is 2.35. The monoisotopic (exact) mass is 511 g/mol. The van der Waals surface area contributed by atoms with Crippen molar-refractivity contribution in [2.24, 2.45) is 0 Å².